The number of esters is 1. The standard InChI is InChI=1S/C18H30INO4SSi/c1-8-9-23-17(22)14-12(10-19)25-16-13(15(21)20(14)16)11(2)24-26(6,7)18(3,4)5/h8,11,13,15-16,21H,1,9-10H2,2-7H3/t11?,13-,15?,16+/m0/s1. The molecule has 0 aromatic carbocycles. The molecule has 148 valence electrons. The van der Waals surface area contributed by atoms with Crippen LogP contribution in [0, 0.1) is 5.92 Å². The Bertz CT molecular complexity index is 604. The van der Waals surface area contributed by atoms with Crippen LogP contribution in [0.3, 0.4) is 0 Å². The number of ether oxygens (including phenoxy) is 1. The molecule has 2 heterocycles. The number of hydrogen-bond donors (Lipinski definition) is 1. The lowest BCUT2D eigenvalue weighted by molar-refractivity contribution is -0.167. The summed E-state index contributed by atoms with van der Waals surface area (Å²) in [4.78, 5) is 15.2. The lowest BCUT2D eigenvalue weighted by Crippen LogP contribution is -2.65. The number of allylic oxidation sites excluding steroid dienone is 1. The van der Waals surface area contributed by atoms with Crippen LogP contribution in [0.25, 0.3) is 0 Å². The van der Waals surface area contributed by atoms with Crippen LogP contribution in [-0.4, -0.2) is 53.0 Å². The predicted octanol–water partition coefficient (Wildman–Crippen LogP) is 4.10. The number of fused-ring (bicyclic) bond motifs is 1. The van der Waals surface area contributed by atoms with Gasteiger partial charge in [-0.1, -0.05) is 56.0 Å². The van der Waals surface area contributed by atoms with E-state index in [1.54, 1.807) is 22.7 Å². The maximum Gasteiger partial charge on any atom is 0.355 e. The normalized spacial score (nSPS) is 27.1. The summed E-state index contributed by atoms with van der Waals surface area (Å²) < 4.78 is 12.4. The first-order chi connectivity index (χ1) is 12.0. The highest BCUT2D eigenvalue weighted by molar-refractivity contribution is 14.1. The van der Waals surface area contributed by atoms with E-state index in [0.29, 0.717) is 10.1 Å². The minimum absolute atomic E-state index is 0.0285. The Hall–Kier alpha value is -0.0331. The molecule has 2 aliphatic heterocycles. The van der Waals surface area contributed by atoms with Gasteiger partial charge >= 0.3 is 5.97 Å². The molecule has 2 unspecified atom stereocenters. The average Bonchev–Trinajstić information content (AvgIpc) is 2.85. The van der Waals surface area contributed by atoms with Gasteiger partial charge in [-0.05, 0) is 25.1 Å². The van der Waals surface area contributed by atoms with E-state index >= 15 is 0 Å². The van der Waals surface area contributed by atoms with E-state index < -0.39 is 14.5 Å². The van der Waals surface area contributed by atoms with Crippen LogP contribution < -0.4 is 0 Å². The molecule has 1 saturated heterocycles. The number of carbonyl (C=O) groups is 1. The highest BCUT2D eigenvalue weighted by atomic mass is 127. The van der Waals surface area contributed by atoms with Crippen molar-refractivity contribution >= 4 is 48.6 Å². The molecule has 0 saturated carbocycles. The number of nitrogens with zero attached hydrogens (tertiary/aromatic N) is 1. The smallest absolute Gasteiger partial charge is 0.355 e. The Kier molecular flexibility index (Phi) is 6.97. The highest BCUT2D eigenvalue weighted by Crippen LogP contribution is 2.54. The van der Waals surface area contributed by atoms with Crippen LogP contribution in [0.1, 0.15) is 27.7 Å². The zero-order valence-corrected chi connectivity index (χ0v) is 20.4. The van der Waals surface area contributed by atoms with Crippen LogP contribution in [0.4, 0.5) is 0 Å². The van der Waals surface area contributed by atoms with Crippen LogP contribution in [0.2, 0.25) is 18.1 Å². The first-order valence-corrected chi connectivity index (χ1v) is 14.2. The molecule has 8 heteroatoms. The molecule has 5 nitrogen and oxygen atoms in total. The molecule has 0 amide bonds. The number of hydrogen-bond acceptors (Lipinski definition) is 6. The molecule has 4 atom stereocenters. The Labute approximate surface area is 175 Å². The van der Waals surface area contributed by atoms with Crippen molar-refractivity contribution in [3.8, 4) is 0 Å². The molecule has 0 aromatic heterocycles. The van der Waals surface area contributed by atoms with Gasteiger partial charge in [-0.3, -0.25) is 0 Å². The van der Waals surface area contributed by atoms with Gasteiger partial charge < -0.3 is 19.2 Å². The molecule has 0 aromatic rings. The van der Waals surface area contributed by atoms with Crippen molar-refractivity contribution < 1.29 is 19.1 Å². The third-order valence-corrected chi connectivity index (χ3v) is 12.8. The molecular weight excluding hydrogens is 481 g/mol. The number of aliphatic hydroxyl groups excluding tert-OH is 1. The van der Waals surface area contributed by atoms with Crippen LogP contribution >= 0.6 is 34.4 Å². The molecule has 26 heavy (non-hydrogen) atoms. The monoisotopic (exact) mass is 511 g/mol. The summed E-state index contributed by atoms with van der Waals surface area (Å²) in [6.07, 6.45) is 0.754. The largest absolute Gasteiger partial charge is 0.457 e. The minimum Gasteiger partial charge on any atom is -0.457 e. The molecule has 0 spiro atoms. The Morgan fingerprint density at radius 1 is 1.50 bits per heavy atom. The molecule has 0 bridgehead atoms. The van der Waals surface area contributed by atoms with Crippen molar-refractivity contribution in [2.45, 2.75) is 63.5 Å². The van der Waals surface area contributed by atoms with Gasteiger partial charge in [0.1, 0.15) is 18.5 Å². The van der Waals surface area contributed by atoms with Gasteiger partial charge in [0.15, 0.2) is 8.32 Å². The van der Waals surface area contributed by atoms with Crippen LogP contribution in [-0.2, 0) is 14.0 Å². The summed E-state index contributed by atoms with van der Waals surface area (Å²) in [7, 11) is -1.93. The van der Waals surface area contributed by atoms with Crippen molar-refractivity contribution in [2.24, 2.45) is 5.92 Å². The summed E-state index contributed by atoms with van der Waals surface area (Å²) in [5, 5.41) is 10.9. The second-order valence-corrected chi connectivity index (χ2v) is 15.0. The molecular formula is C18H30INO4SSi. The van der Waals surface area contributed by atoms with Gasteiger partial charge in [0, 0.05) is 9.33 Å². The van der Waals surface area contributed by atoms with Crippen molar-refractivity contribution in [3.63, 3.8) is 0 Å². The molecule has 2 aliphatic rings. The van der Waals surface area contributed by atoms with E-state index in [2.05, 4.69) is 63.0 Å². The summed E-state index contributed by atoms with van der Waals surface area (Å²) in [6, 6.07) is 0. The molecule has 0 radical (unpaired) electrons. The van der Waals surface area contributed by atoms with E-state index in [1.165, 1.54) is 0 Å². The van der Waals surface area contributed by atoms with Crippen molar-refractivity contribution in [1.82, 2.24) is 4.90 Å². The minimum atomic E-state index is -1.93. The van der Waals surface area contributed by atoms with Crippen LogP contribution in [0.5, 0.6) is 0 Å². The van der Waals surface area contributed by atoms with E-state index in [0.717, 1.165) is 4.91 Å². The Morgan fingerprint density at radius 3 is 2.62 bits per heavy atom. The quantitative estimate of drug-likeness (QED) is 0.183. The second kappa shape index (κ2) is 8.14. The van der Waals surface area contributed by atoms with E-state index in [-0.39, 0.29) is 35.0 Å². The van der Waals surface area contributed by atoms with Gasteiger partial charge in [-0.2, -0.15) is 0 Å². The first kappa shape index (κ1) is 22.3. The SMILES string of the molecule is C=CCOC(=O)C1=C(CI)S[C@@H]2[C@@H](C(C)O[Si](C)(C)C(C)(C)C)C(O)N12. The fraction of sp³-hybridized carbons (Fsp3) is 0.722. The maximum absolute atomic E-state index is 12.4. The van der Waals surface area contributed by atoms with Gasteiger partial charge in [0.05, 0.1) is 17.4 Å². The van der Waals surface area contributed by atoms with E-state index in [9.17, 15) is 9.90 Å². The Morgan fingerprint density at radius 2 is 2.12 bits per heavy atom. The molecule has 1 N–H and O–H groups in total. The number of halogens is 1. The lowest BCUT2D eigenvalue weighted by atomic mass is 9.91. The van der Waals surface area contributed by atoms with Gasteiger partial charge in [-0.25, -0.2) is 4.79 Å². The zero-order valence-electron chi connectivity index (χ0n) is 16.4. The van der Waals surface area contributed by atoms with Gasteiger partial charge in [0.2, 0.25) is 0 Å². The second-order valence-electron chi connectivity index (χ2n) is 8.28. The number of carbonyl (C=O) groups excluding carboxylic acids is 1. The summed E-state index contributed by atoms with van der Waals surface area (Å²) in [5.41, 5.74) is 0.500. The zero-order chi connectivity index (χ0) is 19.9. The molecule has 2 rings (SSSR count). The number of thioether (sulfide) groups is 1. The predicted molar refractivity (Wildman–Crippen MR) is 118 cm³/mol. The molecule has 1 fully saturated rings. The number of aliphatic hydroxyl groups is 1. The Balaban J connectivity index is 2.13. The first-order valence-electron chi connectivity index (χ1n) is 8.84. The van der Waals surface area contributed by atoms with Crippen molar-refractivity contribution in [1.29, 1.82) is 0 Å². The van der Waals surface area contributed by atoms with E-state index in [4.69, 9.17) is 9.16 Å². The summed E-state index contributed by atoms with van der Waals surface area (Å²) in [5.74, 6) is -0.418. The van der Waals surface area contributed by atoms with Crippen molar-refractivity contribution in [3.05, 3.63) is 23.3 Å². The highest BCUT2D eigenvalue weighted by Gasteiger charge is 2.58. The third-order valence-electron chi connectivity index (χ3n) is 5.49. The summed E-state index contributed by atoms with van der Waals surface area (Å²) >= 11 is 3.90. The van der Waals surface area contributed by atoms with Gasteiger partial charge in [0.25, 0.3) is 0 Å². The fourth-order valence-corrected chi connectivity index (χ4v) is 6.88. The lowest BCUT2D eigenvalue weighted by Gasteiger charge is -2.53. The van der Waals surface area contributed by atoms with Crippen molar-refractivity contribution in [2.75, 3.05) is 11.0 Å². The fourth-order valence-electron chi connectivity index (χ4n) is 3.02. The number of alkyl halides is 1. The maximum atomic E-state index is 12.4. The third kappa shape index (κ3) is 4.04. The molecule has 0 aliphatic carbocycles. The summed E-state index contributed by atoms with van der Waals surface area (Å²) in [6.45, 7) is 16.9. The topological polar surface area (TPSA) is 59.0 Å². The number of rotatable bonds is 7. The average molecular weight is 511 g/mol. The van der Waals surface area contributed by atoms with Crippen LogP contribution in [0.15, 0.2) is 23.3 Å². The van der Waals surface area contributed by atoms with Gasteiger partial charge in [-0.15, -0.1) is 11.8 Å². The van der Waals surface area contributed by atoms with E-state index in [1.807, 2.05) is 6.92 Å².